The second-order valence-corrected chi connectivity index (χ2v) is 9.62. The number of allylic oxidation sites excluding steroid dienone is 2. The van der Waals surface area contributed by atoms with E-state index in [9.17, 15) is 13.2 Å². The van der Waals surface area contributed by atoms with Gasteiger partial charge in [0.1, 0.15) is 0 Å². The molecule has 2 fully saturated rings. The average Bonchev–Trinajstić information content (AvgIpc) is 2.69. The van der Waals surface area contributed by atoms with E-state index < -0.39 is 6.18 Å². The van der Waals surface area contributed by atoms with Crippen LogP contribution in [0.4, 0.5) is 13.2 Å². The maximum Gasteiger partial charge on any atom is 0.409 e. The number of halogens is 3. The first kappa shape index (κ1) is 23.8. The van der Waals surface area contributed by atoms with Gasteiger partial charge in [0.15, 0.2) is 0 Å². The molecule has 3 heteroatoms. The molecule has 0 bridgehead atoms. The second kappa shape index (κ2) is 13.0. The highest BCUT2D eigenvalue weighted by Gasteiger charge is 2.31. The third-order valence-electron chi connectivity index (χ3n) is 7.40. The fraction of sp³-hybridized carbons (Fsp3) is 0.920. The molecular weight excluding hydrogens is 357 g/mol. The number of alkyl halides is 3. The molecule has 0 radical (unpaired) electrons. The van der Waals surface area contributed by atoms with Crippen molar-refractivity contribution in [2.45, 2.75) is 122 Å². The van der Waals surface area contributed by atoms with Gasteiger partial charge in [0, 0.05) is 6.08 Å². The predicted octanol–water partition coefficient (Wildman–Crippen LogP) is 9.25. The molecule has 0 unspecified atom stereocenters. The van der Waals surface area contributed by atoms with Crippen molar-refractivity contribution in [3.8, 4) is 0 Å². The SMILES string of the molecule is CCCCCCCCCCC1CCC(C2CCC(C=CC(F)(F)F)CC2)CC1. The van der Waals surface area contributed by atoms with Crippen LogP contribution in [0.2, 0.25) is 0 Å². The molecule has 2 aliphatic rings. The topological polar surface area (TPSA) is 0 Å². The summed E-state index contributed by atoms with van der Waals surface area (Å²) in [5, 5.41) is 0. The molecular formula is C25H43F3. The maximum absolute atomic E-state index is 12.3. The van der Waals surface area contributed by atoms with E-state index in [4.69, 9.17) is 0 Å². The Morgan fingerprint density at radius 3 is 1.71 bits per heavy atom. The molecule has 2 aliphatic carbocycles. The van der Waals surface area contributed by atoms with E-state index >= 15 is 0 Å². The molecule has 0 heterocycles. The molecule has 0 aliphatic heterocycles. The Labute approximate surface area is 171 Å². The molecule has 2 saturated carbocycles. The lowest BCUT2D eigenvalue weighted by Gasteiger charge is -2.37. The summed E-state index contributed by atoms with van der Waals surface area (Å²) in [5.74, 6) is 2.72. The normalized spacial score (nSPS) is 29.4. The standard InChI is InChI=1S/C25H43F3/c1-2-3-4-5-6-7-8-9-10-21-11-15-23(16-12-21)24-17-13-22(14-18-24)19-20-25(26,27)28/h19-24H,2-18H2,1H3. The molecule has 0 aromatic carbocycles. The van der Waals surface area contributed by atoms with Crippen LogP contribution in [0.3, 0.4) is 0 Å². The van der Waals surface area contributed by atoms with Crippen molar-refractivity contribution >= 4 is 0 Å². The van der Waals surface area contributed by atoms with Crippen molar-refractivity contribution < 1.29 is 13.2 Å². The molecule has 0 spiro atoms. The summed E-state index contributed by atoms with van der Waals surface area (Å²) >= 11 is 0. The van der Waals surface area contributed by atoms with Crippen molar-refractivity contribution in [2.24, 2.45) is 23.7 Å². The van der Waals surface area contributed by atoms with Gasteiger partial charge in [-0.05, 0) is 62.2 Å². The smallest absolute Gasteiger partial charge is 0.167 e. The molecule has 2 rings (SSSR count). The quantitative estimate of drug-likeness (QED) is 0.239. The first-order chi connectivity index (χ1) is 13.5. The minimum absolute atomic E-state index is 0.149. The molecule has 0 N–H and O–H groups in total. The fourth-order valence-corrected chi connectivity index (χ4v) is 5.57. The molecule has 0 saturated heterocycles. The van der Waals surface area contributed by atoms with E-state index in [1.165, 1.54) is 89.5 Å². The zero-order valence-corrected chi connectivity index (χ0v) is 18.1. The van der Waals surface area contributed by atoms with Crippen LogP contribution in [-0.2, 0) is 0 Å². The summed E-state index contributed by atoms with van der Waals surface area (Å²) in [7, 11) is 0. The lowest BCUT2D eigenvalue weighted by Crippen LogP contribution is -2.25. The van der Waals surface area contributed by atoms with Gasteiger partial charge in [-0.3, -0.25) is 0 Å². The molecule has 0 aromatic heterocycles. The van der Waals surface area contributed by atoms with Gasteiger partial charge in [-0.1, -0.05) is 83.6 Å². The first-order valence-electron chi connectivity index (χ1n) is 12.2. The minimum atomic E-state index is -4.15. The van der Waals surface area contributed by atoms with Crippen LogP contribution in [0.5, 0.6) is 0 Å². The Hall–Kier alpha value is -0.470. The molecule has 0 amide bonds. The van der Waals surface area contributed by atoms with Gasteiger partial charge in [0.05, 0.1) is 0 Å². The van der Waals surface area contributed by atoms with Crippen molar-refractivity contribution in [1.29, 1.82) is 0 Å². The Bertz CT molecular complexity index is 410. The summed E-state index contributed by atoms with van der Waals surface area (Å²) in [4.78, 5) is 0. The van der Waals surface area contributed by atoms with Gasteiger partial charge >= 0.3 is 6.18 Å². The Morgan fingerprint density at radius 1 is 0.679 bits per heavy atom. The van der Waals surface area contributed by atoms with E-state index in [2.05, 4.69) is 6.92 Å². The van der Waals surface area contributed by atoms with Crippen molar-refractivity contribution in [2.75, 3.05) is 0 Å². The van der Waals surface area contributed by atoms with Crippen LogP contribution < -0.4 is 0 Å². The van der Waals surface area contributed by atoms with Crippen LogP contribution in [0.1, 0.15) is 116 Å². The van der Waals surface area contributed by atoms with E-state index in [0.717, 1.165) is 43.4 Å². The average molecular weight is 401 g/mol. The van der Waals surface area contributed by atoms with Crippen molar-refractivity contribution in [3.63, 3.8) is 0 Å². The second-order valence-electron chi connectivity index (χ2n) is 9.62. The lowest BCUT2D eigenvalue weighted by atomic mass is 9.68. The van der Waals surface area contributed by atoms with Gasteiger partial charge in [0.25, 0.3) is 0 Å². The number of unbranched alkanes of at least 4 members (excludes halogenated alkanes) is 7. The summed E-state index contributed by atoms with van der Waals surface area (Å²) < 4.78 is 37.0. The van der Waals surface area contributed by atoms with Crippen LogP contribution in [0.15, 0.2) is 12.2 Å². The number of rotatable bonds is 11. The Morgan fingerprint density at radius 2 is 1.18 bits per heavy atom. The van der Waals surface area contributed by atoms with Gasteiger partial charge in [-0.25, -0.2) is 0 Å². The summed E-state index contributed by atoms with van der Waals surface area (Å²) in [6.07, 6.45) is 20.1. The highest BCUT2D eigenvalue weighted by Crippen LogP contribution is 2.42. The first-order valence-corrected chi connectivity index (χ1v) is 12.2. The Kier molecular flexibility index (Phi) is 11.0. The zero-order valence-electron chi connectivity index (χ0n) is 18.1. The maximum atomic E-state index is 12.3. The third-order valence-corrected chi connectivity index (χ3v) is 7.40. The van der Waals surface area contributed by atoms with Crippen LogP contribution in [-0.4, -0.2) is 6.18 Å². The summed E-state index contributed by atoms with van der Waals surface area (Å²) in [5.41, 5.74) is 0. The van der Waals surface area contributed by atoms with E-state index in [-0.39, 0.29) is 5.92 Å². The fourth-order valence-electron chi connectivity index (χ4n) is 5.57. The summed E-state index contributed by atoms with van der Waals surface area (Å²) in [6, 6.07) is 0. The highest BCUT2D eigenvalue weighted by atomic mass is 19.4. The van der Waals surface area contributed by atoms with Gasteiger partial charge in [-0.15, -0.1) is 0 Å². The lowest BCUT2D eigenvalue weighted by molar-refractivity contribution is -0.0803. The van der Waals surface area contributed by atoms with Crippen molar-refractivity contribution in [3.05, 3.63) is 12.2 Å². The molecule has 0 nitrogen and oxygen atoms in total. The minimum Gasteiger partial charge on any atom is -0.167 e. The van der Waals surface area contributed by atoms with Crippen LogP contribution >= 0.6 is 0 Å². The van der Waals surface area contributed by atoms with Crippen molar-refractivity contribution in [1.82, 2.24) is 0 Å². The number of hydrogen-bond donors (Lipinski definition) is 0. The number of hydrogen-bond acceptors (Lipinski definition) is 0. The van der Waals surface area contributed by atoms with Crippen LogP contribution in [0, 0.1) is 23.7 Å². The largest absolute Gasteiger partial charge is 0.409 e. The van der Waals surface area contributed by atoms with Gasteiger partial charge < -0.3 is 0 Å². The van der Waals surface area contributed by atoms with Gasteiger partial charge in [0.2, 0.25) is 0 Å². The van der Waals surface area contributed by atoms with E-state index in [0.29, 0.717) is 6.08 Å². The molecule has 28 heavy (non-hydrogen) atoms. The Balaban J connectivity index is 1.51. The molecule has 0 atom stereocenters. The predicted molar refractivity (Wildman–Crippen MR) is 113 cm³/mol. The van der Waals surface area contributed by atoms with Gasteiger partial charge in [-0.2, -0.15) is 13.2 Å². The molecule has 164 valence electrons. The monoisotopic (exact) mass is 400 g/mol. The van der Waals surface area contributed by atoms with E-state index in [1.54, 1.807) is 0 Å². The molecule has 0 aromatic rings. The highest BCUT2D eigenvalue weighted by molar-refractivity contribution is 4.96. The summed E-state index contributed by atoms with van der Waals surface area (Å²) in [6.45, 7) is 2.27. The zero-order chi connectivity index (χ0) is 20.2. The van der Waals surface area contributed by atoms with Crippen LogP contribution in [0.25, 0.3) is 0 Å². The third kappa shape index (κ3) is 9.83. The van der Waals surface area contributed by atoms with E-state index in [1.807, 2.05) is 0 Å².